The molecule has 0 aliphatic rings. The van der Waals surface area contributed by atoms with Crippen LogP contribution in [-0.2, 0) is 0 Å². The molecule has 0 nitrogen and oxygen atoms in total. The van der Waals surface area contributed by atoms with Crippen molar-refractivity contribution in [3.8, 4) is 0 Å². The zero-order chi connectivity index (χ0) is 4.28. The van der Waals surface area contributed by atoms with Crippen LogP contribution in [0.15, 0.2) is 0 Å². The second-order valence-corrected chi connectivity index (χ2v) is 1.80. The van der Waals surface area contributed by atoms with Crippen LogP contribution in [0.2, 0.25) is 0 Å². The average molecular weight is 149 g/mol. The van der Waals surface area contributed by atoms with E-state index in [0.717, 1.165) is 5.92 Å². The Morgan fingerprint density at radius 2 is 1.50 bits per heavy atom. The molecule has 0 saturated carbocycles. The SMILES string of the molecule is CCC(C)C.[GeH4]. The summed E-state index contributed by atoms with van der Waals surface area (Å²) < 4.78 is 0. The van der Waals surface area contributed by atoms with E-state index in [1.54, 1.807) is 0 Å². The Labute approximate surface area is 51.3 Å². The van der Waals surface area contributed by atoms with Crippen LogP contribution in [0.5, 0.6) is 0 Å². The first-order valence-electron chi connectivity index (χ1n) is 2.27. The summed E-state index contributed by atoms with van der Waals surface area (Å²) >= 11 is 0. The predicted molar refractivity (Wildman–Crippen MR) is 36.5 cm³/mol. The molecule has 0 rings (SSSR count). The van der Waals surface area contributed by atoms with E-state index < -0.39 is 0 Å². The van der Waals surface area contributed by atoms with E-state index in [1.807, 2.05) is 0 Å². The molecule has 0 aliphatic heterocycles. The van der Waals surface area contributed by atoms with Crippen molar-refractivity contribution in [2.45, 2.75) is 27.2 Å². The fourth-order valence-corrected chi connectivity index (χ4v) is 0. The molecule has 0 fully saturated rings. The van der Waals surface area contributed by atoms with Gasteiger partial charge in [0.2, 0.25) is 0 Å². The van der Waals surface area contributed by atoms with Crippen molar-refractivity contribution in [3.05, 3.63) is 0 Å². The van der Waals surface area contributed by atoms with Crippen LogP contribution in [0.4, 0.5) is 0 Å². The maximum absolute atomic E-state index is 2.22. The molecule has 0 atom stereocenters. The molecule has 0 heterocycles. The van der Waals surface area contributed by atoms with Crippen molar-refractivity contribution in [1.29, 1.82) is 0 Å². The molecular weight excluding hydrogens is 133 g/mol. The molecule has 0 aliphatic carbocycles. The van der Waals surface area contributed by atoms with Gasteiger partial charge in [-0.1, -0.05) is 27.2 Å². The third-order valence-electron chi connectivity index (χ3n) is 0.816. The number of hydrogen-bond acceptors (Lipinski definition) is 0. The molecule has 0 aromatic carbocycles. The normalized spacial score (nSPS) is 8.00. The van der Waals surface area contributed by atoms with Gasteiger partial charge in [0.1, 0.15) is 0 Å². The fourth-order valence-electron chi connectivity index (χ4n) is 0. The van der Waals surface area contributed by atoms with Crippen LogP contribution < -0.4 is 0 Å². The van der Waals surface area contributed by atoms with Crippen molar-refractivity contribution < 1.29 is 0 Å². The fraction of sp³-hybridized carbons (Fsp3) is 1.00. The van der Waals surface area contributed by atoms with Gasteiger partial charge in [0.05, 0.1) is 0 Å². The van der Waals surface area contributed by atoms with Crippen molar-refractivity contribution in [2.75, 3.05) is 0 Å². The zero-order valence-electron chi connectivity index (χ0n) is 4.28. The van der Waals surface area contributed by atoms with E-state index in [9.17, 15) is 0 Å². The minimum absolute atomic E-state index is 0. The van der Waals surface area contributed by atoms with Gasteiger partial charge in [-0.15, -0.1) is 0 Å². The van der Waals surface area contributed by atoms with Crippen LogP contribution >= 0.6 is 0 Å². The molecule has 0 spiro atoms. The summed E-state index contributed by atoms with van der Waals surface area (Å²) in [5, 5.41) is 0. The van der Waals surface area contributed by atoms with Gasteiger partial charge >= 0.3 is 17.6 Å². The molecule has 0 unspecified atom stereocenters. The Kier molecular flexibility index (Phi) is 9.00. The van der Waals surface area contributed by atoms with Gasteiger partial charge < -0.3 is 0 Å². The molecule has 1 heteroatoms. The quantitative estimate of drug-likeness (QED) is 0.478. The second kappa shape index (κ2) is 5.54. The van der Waals surface area contributed by atoms with Crippen molar-refractivity contribution in [2.24, 2.45) is 5.92 Å². The molecule has 0 aromatic rings. The van der Waals surface area contributed by atoms with Crippen LogP contribution in [0, 0.1) is 5.92 Å². The Hall–Kier alpha value is 0.543. The second-order valence-electron chi connectivity index (χ2n) is 1.80. The molecule has 0 radical (unpaired) electrons. The predicted octanol–water partition coefficient (Wildman–Crippen LogP) is 0.601. The first-order chi connectivity index (χ1) is 2.27. The summed E-state index contributed by atoms with van der Waals surface area (Å²) in [6, 6.07) is 0. The molecule has 0 N–H and O–H groups in total. The molecule has 6 heavy (non-hydrogen) atoms. The zero-order valence-corrected chi connectivity index (χ0v) is 4.28. The summed E-state index contributed by atoms with van der Waals surface area (Å²) in [6.07, 6.45) is 1.31. The van der Waals surface area contributed by atoms with Crippen molar-refractivity contribution in [3.63, 3.8) is 0 Å². The third-order valence-corrected chi connectivity index (χ3v) is 0.816. The van der Waals surface area contributed by atoms with Crippen molar-refractivity contribution in [1.82, 2.24) is 0 Å². The topological polar surface area (TPSA) is 0 Å². The summed E-state index contributed by atoms with van der Waals surface area (Å²) in [5.41, 5.74) is 0. The maximum atomic E-state index is 2.22. The Morgan fingerprint density at radius 3 is 1.50 bits per heavy atom. The standard InChI is InChI=1S/C5H12.GeH4/c1-4-5(2)3;/h5H,4H2,1-3H3;1H4. The monoisotopic (exact) mass is 150 g/mol. The third kappa shape index (κ3) is 8.82. The Morgan fingerprint density at radius 1 is 1.33 bits per heavy atom. The summed E-state index contributed by atoms with van der Waals surface area (Å²) in [5.74, 6) is 0.884. The molecule has 0 saturated heterocycles. The van der Waals surface area contributed by atoms with Gasteiger partial charge in [0, 0.05) is 0 Å². The molecule has 40 valence electrons. The Balaban J connectivity index is 0. The van der Waals surface area contributed by atoms with E-state index in [4.69, 9.17) is 0 Å². The van der Waals surface area contributed by atoms with Gasteiger partial charge in [0.15, 0.2) is 0 Å². The summed E-state index contributed by atoms with van der Waals surface area (Å²) in [4.78, 5) is 0. The van der Waals surface area contributed by atoms with Gasteiger partial charge in [-0.2, -0.15) is 0 Å². The van der Waals surface area contributed by atoms with E-state index in [-0.39, 0.29) is 17.6 Å². The van der Waals surface area contributed by atoms with Crippen LogP contribution in [0.1, 0.15) is 27.2 Å². The van der Waals surface area contributed by atoms with Gasteiger partial charge in [-0.05, 0) is 5.92 Å². The molecular formula is C5H16Ge. The first kappa shape index (κ1) is 9.74. The van der Waals surface area contributed by atoms with Crippen LogP contribution in [-0.4, -0.2) is 17.6 Å². The van der Waals surface area contributed by atoms with Crippen molar-refractivity contribution >= 4 is 17.6 Å². The minimum atomic E-state index is 0. The average Bonchev–Trinajstić information content (AvgIpc) is 1.38. The van der Waals surface area contributed by atoms with Crippen LogP contribution in [0.25, 0.3) is 0 Å². The molecule has 0 aromatic heterocycles. The molecule has 0 amide bonds. The summed E-state index contributed by atoms with van der Waals surface area (Å²) in [6.45, 7) is 6.64. The van der Waals surface area contributed by atoms with Gasteiger partial charge in [-0.3, -0.25) is 0 Å². The van der Waals surface area contributed by atoms with E-state index >= 15 is 0 Å². The Bertz CT molecular complexity index is 17.9. The first-order valence-corrected chi connectivity index (χ1v) is 2.27. The van der Waals surface area contributed by atoms with E-state index in [1.165, 1.54) is 6.42 Å². The molecule has 0 bridgehead atoms. The summed E-state index contributed by atoms with van der Waals surface area (Å²) in [7, 11) is 0. The van der Waals surface area contributed by atoms with Crippen LogP contribution in [0.3, 0.4) is 0 Å². The van der Waals surface area contributed by atoms with Gasteiger partial charge in [0.25, 0.3) is 0 Å². The van der Waals surface area contributed by atoms with E-state index in [0.29, 0.717) is 0 Å². The van der Waals surface area contributed by atoms with Gasteiger partial charge in [-0.25, -0.2) is 0 Å². The number of rotatable bonds is 1. The van der Waals surface area contributed by atoms with E-state index in [2.05, 4.69) is 20.8 Å². The number of hydrogen-bond donors (Lipinski definition) is 0.